The van der Waals surface area contributed by atoms with E-state index in [0.717, 1.165) is 12.1 Å². The number of sulfone groups is 1. The highest BCUT2D eigenvalue weighted by molar-refractivity contribution is 7.90. The van der Waals surface area contributed by atoms with E-state index < -0.39 is 9.84 Å². The van der Waals surface area contributed by atoms with Crippen LogP contribution >= 0.6 is 0 Å². The first-order valence-corrected chi connectivity index (χ1v) is 7.50. The van der Waals surface area contributed by atoms with Crippen molar-refractivity contribution in [1.82, 2.24) is 0 Å². The maximum Gasteiger partial charge on any atom is 0.175 e. The molecule has 0 spiro atoms. The molecule has 0 aliphatic carbocycles. The zero-order chi connectivity index (χ0) is 13.1. The zero-order valence-corrected chi connectivity index (χ0v) is 11.3. The maximum atomic E-state index is 11.3. The van der Waals surface area contributed by atoms with Crippen LogP contribution in [0.15, 0.2) is 29.2 Å². The summed E-state index contributed by atoms with van der Waals surface area (Å²) >= 11 is 0. The Bertz CT molecular complexity index is 452. The van der Waals surface area contributed by atoms with Gasteiger partial charge in [0.05, 0.1) is 4.90 Å². The maximum absolute atomic E-state index is 11.3. The molecule has 0 heterocycles. The number of nitrogens with two attached hydrogens (primary N) is 1. The van der Waals surface area contributed by atoms with Gasteiger partial charge in [-0.3, -0.25) is 0 Å². The minimum Gasteiger partial charge on any atom is -0.383 e. The van der Waals surface area contributed by atoms with Crippen LogP contribution in [0.25, 0.3) is 0 Å². The van der Waals surface area contributed by atoms with E-state index in [2.05, 4.69) is 5.32 Å². The Balaban J connectivity index is 2.69. The average molecular weight is 256 g/mol. The van der Waals surface area contributed by atoms with Gasteiger partial charge >= 0.3 is 0 Å². The highest BCUT2D eigenvalue weighted by Gasteiger charge is 2.08. The summed E-state index contributed by atoms with van der Waals surface area (Å²) in [6.45, 7) is 4.01. The largest absolute Gasteiger partial charge is 0.383 e. The van der Waals surface area contributed by atoms with E-state index >= 15 is 0 Å². The third-order valence-corrected chi connectivity index (χ3v) is 3.55. The van der Waals surface area contributed by atoms with Crippen LogP contribution in [0, 0.1) is 0 Å². The monoisotopic (exact) mass is 256 g/mol. The molecule has 0 aliphatic heterocycles. The fourth-order valence-corrected chi connectivity index (χ4v) is 2.33. The third-order valence-electron chi connectivity index (χ3n) is 2.42. The van der Waals surface area contributed by atoms with E-state index in [4.69, 9.17) is 5.73 Å². The second-order valence-electron chi connectivity index (χ2n) is 4.55. The molecule has 4 nitrogen and oxygen atoms in total. The van der Waals surface area contributed by atoms with Crippen LogP contribution in [0.2, 0.25) is 0 Å². The summed E-state index contributed by atoms with van der Waals surface area (Å²) in [5.41, 5.74) is 6.62. The van der Waals surface area contributed by atoms with Crippen LogP contribution in [0.1, 0.15) is 20.3 Å². The van der Waals surface area contributed by atoms with E-state index in [9.17, 15) is 8.42 Å². The predicted octanol–water partition coefficient (Wildman–Crippen LogP) is 1.63. The minimum atomic E-state index is -3.11. The highest BCUT2D eigenvalue weighted by atomic mass is 32.2. The average Bonchev–Trinajstić information content (AvgIpc) is 2.15. The second kappa shape index (κ2) is 5.51. The molecule has 0 aliphatic rings. The van der Waals surface area contributed by atoms with Gasteiger partial charge in [-0.1, -0.05) is 0 Å². The van der Waals surface area contributed by atoms with Gasteiger partial charge in [0.1, 0.15) is 0 Å². The van der Waals surface area contributed by atoms with Crippen LogP contribution < -0.4 is 11.1 Å². The minimum absolute atomic E-state index is 0.146. The number of rotatable bonds is 5. The topological polar surface area (TPSA) is 72.2 Å². The van der Waals surface area contributed by atoms with Crippen molar-refractivity contribution >= 4 is 15.5 Å². The summed E-state index contributed by atoms with van der Waals surface area (Å²) in [6, 6.07) is 7.17. The molecule has 0 radical (unpaired) electrons. The van der Waals surface area contributed by atoms with Crippen LogP contribution in [0.3, 0.4) is 0 Å². The van der Waals surface area contributed by atoms with Gasteiger partial charge in [0, 0.05) is 24.0 Å². The summed E-state index contributed by atoms with van der Waals surface area (Å²) in [4.78, 5) is 0.336. The Labute approximate surface area is 103 Å². The fraction of sp³-hybridized carbons (Fsp3) is 0.500. The quantitative estimate of drug-likeness (QED) is 0.840. The molecule has 1 aromatic rings. The molecule has 2 unspecified atom stereocenters. The molecule has 1 rings (SSSR count). The van der Waals surface area contributed by atoms with Crippen molar-refractivity contribution in [3.63, 3.8) is 0 Å². The molecule has 0 saturated heterocycles. The number of nitrogens with one attached hydrogen (secondary N) is 1. The normalized spacial score (nSPS) is 15.3. The van der Waals surface area contributed by atoms with E-state index in [1.807, 2.05) is 13.8 Å². The van der Waals surface area contributed by atoms with E-state index in [1.165, 1.54) is 6.26 Å². The van der Waals surface area contributed by atoms with Crippen molar-refractivity contribution in [1.29, 1.82) is 0 Å². The van der Waals surface area contributed by atoms with Gasteiger partial charge < -0.3 is 11.1 Å². The Morgan fingerprint density at radius 1 is 1.24 bits per heavy atom. The van der Waals surface area contributed by atoms with Gasteiger partial charge in [-0.2, -0.15) is 0 Å². The predicted molar refractivity (Wildman–Crippen MR) is 70.9 cm³/mol. The molecule has 96 valence electrons. The first-order valence-electron chi connectivity index (χ1n) is 5.61. The van der Waals surface area contributed by atoms with Crippen LogP contribution in [0.4, 0.5) is 5.69 Å². The molecule has 17 heavy (non-hydrogen) atoms. The van der Waals surface area contributed by atoms with Crippen molar-refractivity contribution in [3.05, 3.63) is 24.3 Å². The standard InChI is InChI=1S/C12H20N2O2S/c1-9(13)8-10(2)14-11-4-6-12(7-5-11)17(3,15)16/h4-7,9-10,14H,8,13H2,1-3H3. The van der Waals surface area contributed by atoms with Crippen molar-refractivity contribution in [2.24, 2.45) is 5.73 Å². The van der Waals surface area contributed by atoms with Gasteiger partial charge in [0.15, 0.2) is 9.84 Å². The lowest BCUT2D eigenvalue weighted by Gasteiger charge is -2.17. The molecule has 0 saturated carbocycles. The van der Waals surface area contributed by atoms with Crippen molar-refractivity contribution in [2.75, 3.05) is 11.6 Å². The van der Waals surface area contributed by atoms with E-state index in [0.29, 0.717) is 4.90 Å². The Hall–Kier alpha value is -1.07. The third kappa shape index (κ3) is 4.75. The first kappa shape index (κ1) is 14.0. The molecular weight excluding hydrogens is 236 g/mol. The Morgan fingerprint density at radius 2 is 1.76 bits per heavy atom. The number of hydrogen-bond acceptors (Lipinski definition) is 4. The number of benzene rings is 1. The van der Waals surface area contributed by atoms with Gasteiger partial charge in [-0.25, -0.2) is 8.42 Å². The molecule has 0 amide bonds. The van der Waals surface area contributed by atoms with Gasteiger partial charge in [0.25, 0.3) is 0 Å². The summed E-state index contributed by atoms with van der Waals surface area (Å²) in [6.07, 6.45) is 2.07. The van der Waals surface area contributed by atoms with Crippen LogP contribution in [-0.4, -0.2) is 26.8 Å². The first-order chi connectivity index (χ1) is 7.79. The molecular formula is C12H20N2O2S. The molecule has 1 aromatic carbocycles. The molecule has 0 fully saturated rings. The number of hydrogen-bond donors (Lipinski definition) is 2. The summed E-state index contributed by atoms with van der Waals surface area (Å²) < 4.78 is 22.5. The van der Waals surface area contributed by atoms with Crippen molar-refractivity contribution in [3.8, 4) is 0 Å². The molecule has 5 heteroatoms. The lowest BCUT2D eigenvalue weighted by atomic mass is 10.1. The van der Waals surface area contributed by atoms with E-state index in [1.54, 1.807) is 24.3 Å². The van der Waals surface area contributed by atoms with Crippen molar-refractivity contribution < 1.29 is 8.42 Å². The highest BCUT2D eigenvalue weighted by Crippen LogP contribution is 2.15. The molecule has 3 N–H and O–H groups in total. The molecule has 2 atom stereocenters. The van der Waals surface area contributed by atoms with Gasteiger partial charge in [0.2, 0.25) is 0 Å². The molecule has 0 bridgehead atoms. The second-order valence-corrected chi connectivity index (χ2v) is 6.57. The van der Waals surface area contributed by atoms with Crippen LogP contribution in [0.5, 0.6) is 0 Å². The SMILES string of the molecule is CC(N)CC(C)Nc1ccc(S(C)(=O)=O)cc1. The lowest BCUT2D eigenvalue weighted by molar-refractivity contribution is 0.602. The van der Waals surface area contributed by atoms with Crippen LogP contribution in [-0.2, 0) is 9.84 Å². The zero-order valence-electron chi connectivity index (χ0n) is 10.5. The fourth-order valence-electron chi connectivity index (χ4n) is 1.70. The Kier molecular flexibility index (Phi) is 4.54. The summed E-state index contributed by atoms with van der Waals surface area (Å²) in [7, 11) is -3.11. The van der Waals surface area contributed by atoms with Gasteiger partial charge in [-0.05, 0) is 44.5 Å². The molecule has 0 aromatic heterocycles. The van der Waals surface area contributed by atoms with E-state index in [-0.39, 0.29) is 12.1 Å². The summed E-state index contributed by atoms with van der Waals surface area (Å²) in [5.74, 6) is 0. The lowest BCUT2D eigenvalue weighted by Crippen LogP contribution is -2.26. The van der Waals surface area contributed by atoms with Gasteiger partial charge in [-0.15, -0.1) is 0 Å². The Morgan fingerprint density at radius 3 is 2.18 bits per heavy atom. The summed E-state index contributed by atoms with van der Waals surface area (Å²) in [5, 5.41) is 3.28. The smallest absolute Gasteiger partial charge is 0.175 e. The number of anilines is 1. The van der Waals surface area contributed by atoms with Crippen molar-refractivity contribution in [2.45, 2.75) is 37.2 Å².